The summed E-state index contributed by atoms with van der Waals surface area (Å²) in [4.78, 5) is 18.9. The highest BCUT2D eigenvalue weighted by atomic mass is 35.5. The van der Waals surface area contributed by atoms with Gasteiger partial charge in [-0.1, -0.05) is 23.7 Å². The van der Waals surface area contributed by atoms with Crippen LogP contribution in [0.3, 0.4) is 0 Å². The monoisotopic (exact) mass is 342 g/mol. The third kappa shape index (κ3) is 2.56. The van der Waals surface area contributed by atoms with Gasteiger partial charge in [0.25, 0.3) is 0 Å². The number of hydrogen-bond donors (Lipinski definition) is 1. The molecule has 0 bridgehead atoms. The Labute approximate surface area is 143 Å². The van der Waals surface area contributed by atoms with Gasteiger partial charge in [-0.25, -0.2) is 4.98 Å². The Kier molecular flexibility index (Phi) is 3.78. The van der Waals surface area contributed by atoms with Crippen molar-refractivity contribution in [3.8, 4) is 0 Å². The van der Waals surface area contributed by atoms with Gasteiger partial charge in [-0.3, -0.25) is 9.20 Å². The van der Waals surface area contributed by atoms with Crippen LogP contribution in [0.2, 0.25) is 5.02 Å². The molecule has 1 N–H and O–H groups in total. The maximum atomic E-state index is 12.9. The predicted octanol–water partition coefficient (Wildman–Crippen LogP) is 2.39. The van der Waals surface area contributed by atoms with Gasteiger partial charge >= 0.3 is 0 Å². The molecule has 0 aliphatic carbocycles. The molecule has 1 aliphatic rings. The van der Waals surface area contributed by atoms with Gasteiger partial charge < -0.3 is 10.2 Å². The first kappa shape index (κ1) is 14.9. The zero-order valence-electron chi connectivity index (χ0n) is 12.8. The van der Waals surface area contributed by atoms with Crippen molar-refractivity contribution in [2.75, 3.05) is 16.8 Å². The van der Waals surface area contributed by atoms with E-state index >= 15 is 0 Å². The molecule has 4 rings (SSSR count). The number of fused-ring (bicyclic) bond motifs is 1. The fourth-order valence-corrected chi connectivity index (χ4v) is 3.18. The highest BCUT2D eigenvalue weighted by molar-refractivity contribution is 6.33. The Morgan fingerprint density at radius 3 is 3.04 bits per heavy atom. The summed E-state index contributed by atoms with van der Waals surface area (Å²) in [5.74, 6) is 0.534. The quantitative estimate of drug-likeness (QED) is 0.791. The Balaban J connectivity index is 1.61. The molecule has 1 fully saturated rings. The lowest BCUT2D eigenvalue weighted by Gasteiger charge is -2.33. The summed E-state index contributed by atoms with van der Waals surface area (Å²) in [6.07, 6.45) is 6.62. The number of amides is 1. The fraction of sp³-hybridized carbons (Fsp3) is 0.250. The van der Waals surface area contributed by atoms with Crippen LogP contribution in [0.25, 0.3) is 5.65 Å². The first-order valence-electron chi connectivity index (χ1n) is 7.71. The topological polar surface area (TPSA) is 75.4 Å². The number of halogens is 1. The lowest BCUT2D eigenvalue weighted by Crippen LogP contribution is -2.48. The number of nitrogens with zero attached hydrogens (tertiary/aromatic N) is 5. The molecule has 7 nitrogen and oxygen atoms in total. The van der Waals surface area contributed by atoms with Gasteiger partial charge in [-0.05, 0) is 25.0 Å². The first-order valence-corrected chi connectivity index (χ1v) is 8.08. The molecule has 24 heavy (non-hydrogen) atoms. The average molecular weight is 343 g/mol. The number of hydrogen-bond acceptors (Lipinski definition) is 5. The Morgan fingerprint density at radius 2 is 2.17 bits per heavy atom. The molecule has 3 heterocycles. The minimum absolute atomic E-state index is 0.0160. The second-order valence-electron chi connectivity index (χ2n) is 5.62. The van der Waals surface area contributed by atoms with Crippen LogP contribution in [0.1, 0.15) is 12.8 Å². The summed E-state index contributed by atoms with van der Waals surface area (Å²) in [7, 11) is 0. The van der Waals surface area contributed by atoms with E-state index in [1.54, 1.807) is 34.1 Å². The molecule has 8 heteroatoms. The van der Waals surface area contributed by atoms with Crippen LogP contribution in [0.5, 0.6) is 0 Å². The molecule has 1 amide bonds. The highest BCUT2D eigenvalue weighted by Gasteiger charge is 2.31. The van der Waals surface area contributed by atoms with Crippen molar-refractivity contribution >= 4 is 34.7 Å². The van der Waals surface area contributed by atoms with Gasteiger partial charge in [0, 0.05) is 18.9 Å². The van der Waals surface area contributed by atoms with Crippen LogP contribution < -0.4 is 10.2 Å². The highest BCUT2D eigenvalue weighted by Crippen LogP contribution is 2.29. The van der Waals surface area contributed by atoms with E-state index in [1.165, 1.54) is 0 Å². The standard InChI is InChI=1S/C16H15ClN6O/c17-11-4-1-2-6-13(11)23-8-3-5-12(16(23)24)20-14-15-21-19-10-22(15)9-7-18-14/h1-2,4,6-7,9-10,12H,3,5,8H2,(H,18,20)/t12-/m0/s1. The second kappa shape index (κ2) is 6.09. The lowest BCUT2D eigenvalue weighted by molar-refractivity contribution is -0.120. The van der Waals surface area contributed by atoms with Crippen LogP contribution in [-0.2, 0) is 4.79 Å². The van der Waals surface area contributed by atoms with Gasteiger partial charge in [0.15, 0.2) is 5.82 Å². The van der Waals surface area contributed by atoms with Crippen molar-refractivity contribution in [2.45, 2.75) is 18.9 Å². The van der Waals surface area contributed by atoms with Crippen LogP contribution in [-0.4, -0.2) is 38.1 Å². The molecule has 0 spiro atoms. The van der Waals surface area contributed by atoms with Crippen LogP contribution in [0.4, 0.5) is 11.5 Å². The molecule has 0 radical (unpaired) electrons. The molecule has 1 aliphatic heterocycles. The molecule has 1 saturated heterocycles. The number of rotatable bonds is 3. The number of carbonyl (C=O) groups excluding carboxylic acids is 1. The zero-order chi connectivity index (χ0) is 16.5. The van der Waals surface area contributed by atoms with Crippen molar-refractivity contribution < 1.29 is 4.79 Å². The summed E-state index contributed by atoms with van der Waals surface area (Å²) in [5.41, 5.74) is 1.34. The molecular weight excluding hydrogens is 328 g/mol. The maximum absolute atomic E-state index is 12.9. The van der Waals surface area contributed by atoms with Crippen molar-refractivity contribution in [3.05, 3.63) is 48.0 Å². The third-order valence-electron chi connectivity index (χ3n) is 4.11. The molecule has 1 atom stereocenters. The number of carbonyl (C=O) groups is 1. The van der Waals surface area contributed by atoms with Crippen molar-refractivity contribution in [1.29, 1.82) is 0 Å². The summed E-state index contributed by atoms with van der Waals surface area (Å²) < 4.78 is 1.76. The summed E-state index contributed by atoms with van der Waals surface area (Å²) in [6.45, 7) is 0.656. The van der Waals surface area contributed by atoms with Gasteiger partial charge in [0.2, 0.25) is 11.6 Å². The average Bonchev–Trinajstić information content (AvgIpc) is 3.07. The van der Waals surface area contributed by atoms with E-state index in [9.17, 15) is 4.79 Å². The van der Waals surface area contributed by atoms with E-state index in [2.05, 4.69) is 20.5 Å². The molecule has 0 unspecified atom stereocenters. The molecule has 2 aromatic heterocycles. The van der Waals surface area contributed by atoms with Gasteiger partial charge in [0.1, 0.15) is 12.4 Å². The lowest BCUT2D eigenvalue weighted by atomic mass is 10.0. The number of para-hydroxylation sites is 1. The minimum Gasteiger partial charge on any atom is -0.355 e. The van der Waals surface area contributed by atoms with Crippen molar-refractivity contribution in [1.82, 2.24) is 19.6 Å². The molecule has 0 saturated carbocycles. The van der Waals surface area contributed by atoms with E-state index in [4.69, 9.17) is 11.6 Å². The molecule has 1 aromatic carbocycles. The van der Waals surface area contributed by atoms with E-state index in [0.717, 1.165) is 18.5 Å². The van der Waals surface area contributed by atoms with Crippen molar-refractivity contribution in [3.63, 3.8) is 0 Å². The number of piperidine rings is 1. The SMILES string of the molecule is O=C1[C@@H](Nc2nccn3cnnc23)CCCN1c1ccccc1Cl. The summed E-state index contributed by atoms with van der Waals surface area (Å²) >= 11 is 6.25. The van der Waals surface area contributed by atoms with E-state index < -0.39 is 0 Å². The Bertz CT molecular complexity index is 895. The zero-order valence-corrected chi connectivity index (χ0v) is 13.5. The van der Waals surface area contributed by atoms with E-state index in [1.807, 2.05) is 18.2 Å². The van der Waals surface area contributed by atoms with Crippen molar-refractivity contribution in [2.24, 2.45) is 0 Å². The third-order valence-corrected chi connectivity index (χ3v) is 4.43. The second-order valence-corrected chi connectivity index (χ2v) is 6.03. The van der Waals surface area contributed by atoms with Gasteiger partial charge in [-0.15, -0.1) is 10.2 Å². The number of anilines is 2. The van der Waals surface area contributed by atoms with Gasteiger partial charge in [-0.2, -0.15) is 0 Å². The summed E-state index contributed by atoms with van der Waals surface area (Å²) in [5, 5.41) is 11.7. The van der Waals surface area contributed by atoms with E-state index in [-0.39, 0.29) is 11.9 Å². The Morgan fingerprint density at radius 1 is 1.29 bits per heavy atom. The molecule has 122 valence electrons. The Hall–Kier alpha value is -2.67. The van der Waals surface area contributed by atoms with Crippen LogP contribution >= 0.6 is 11.6 Å². The maximum Gasteiger partial charge on any atom is 0.249 e. The largest absolute Gasteiger partial charge is 0.355 e. The van der Waals surface area contributed by atoms with Crippen LogP contribution in [0.15, 0.2) is 43.0 Å². The number of benzene rings is 1. The van der Waals surface area contributed by atoms with Gasteiger partial charge in [0.05, 0.1) is 10.7 Å². The molecular formula is C16H15ClN6O. The minimum atomic E-state index is -0.370. The normalized spacial score (nSPS) is 18.1. The number of aromatic nitrogens is 4. The smallest absolute Gasteiger partial charge is 0.249 e. The number of nitrogens with one attached hydrogen (secondary N) is 1. The first-order chi connectivity index (χ1) is 11.7. The predicted molar refractivity (Wildman–Crippen MR) is 91.2 cm³/mol. The summed E-state index contributed by atoms with van der Waals surface area (Å²) in [6, 6.07) is 7.01. The molecule has 3 aromatic rings. The van der Waals surface area contributed by atoms with E-state index in [0.29, 0.717) is 23.0 Å². The fourth-order valence-electron chi connectivity index (χ4n) is 2.94. The van der Waals surface area contributed by atoms with Crippen LogP contribution in [0, 0.1) is 0 Å².